The van der Waals surface area contributed by atoms with Crippen LogP contribution in [0.2, 0.25) is 0 Å². The van der Waals surface area contributed by atoms with E-state index in [0.29, 0.717) is 11.8 Å². The van der Waals surface area contributed by atoms with Gasteiger partial charge in [0.2, 0.25) is 0 Å². The van der Waals surface area contributed by atoms with Crippen molar-refractivity contribution in [2.75, 3.05) is 13.1 Å². The van der Waals surface area contributed by atoms with Crippen molar-refractivity contribution in [1.82, 2.24) is 4.90 Å². The van der Waals surface area contributed by atoms with Gasteiger partial charge in [-0.1, -0.05) is 80.1 Å². The Morgan fingerprint density at radius 3 is 2.39 bits per heavy atom. The zero-order chi connectivity index (χ0) is 28.5. The third kappa shape index (κ3) is 5.73. The van der Waals surface area contributed by atoms with Crippen molar-refractivity contribution in [3.05, 3.63) is 130 Å². The number of likely N-dealkylation sites (tertiary alicyclic amines) is 1. The molecule has 1 saturated heterocycles. The van der Waals surface area contributed by atoms with Crippen molar-refractivity contribution in [3.8, 4) is 0 Å². The molecule has 6 rings (SSSR count). The highest BCUT2D eigenvalue weighted by Gasteiger charge is 2.30. The molecule has 41 heavy (non-hydrogen) atoms. The molecule has 0 saturated carbocycles. The minimum Gasteiger partial charge on any atom is -0.371 e. The summed E-state index contributed by atoms with van der Waals surface area (Å²) in [5, 5.41) is 0. The van der Waals surface area contributed by atoms with Crippen LogP contribution in [0.3, 0.4) is 0 Å². The predicted octanol–water partition coefficient (Wildman–Crippen LogP) is 9.82. The molecule has 0 radical (unpaired) electrons. The third-order valence-electron chi connectivity index (χ3n) is 9.54. The van der Waals surface area contributed by atoms with Gasteiger partial charge < -0.3 is 4.90 Å². The average molecular weight is 547 g/mol. The highest BCUT2D eigenvalue weighted by molar-refractivity contribution is 5.85. The molecule has 2 unspecified atom stereocenters. The van der Waals surface area contributed by atoms with Gasteiger partial charge in [0, 0.05) is 37.9 Å². The molecule has 0 spiro atoms. The lowest BCUT2D eigenvalue weighted by molar-refractivity contribution is 0.246. The summed E-state index contributed by atoms with van der Waals surface area (Å²) in [6.45, 7) is 13.3. The number of aliphatic imine (C=N–C) groups is 1. The Labute approximate surface area is 246 Å². The fraction of sp³-hybridized carbons (Fsp3) is 0.342. The summed E-state index contributed by atoms with van der Waals surface area (Å²) in [5.74, 6) is 1.19. The zero-order valence-corrected chi connectivity index (χ0v) is 24.7. The summed E-state index contributed by atoms with van der Waals surface area (Å²) in [5.41, 5.74) is 12.9. The van der Waals surface area contributed by atoms with Crippen LogP contribution in [0.15, 0.2) is 118 Å². The van der Waals surface area contributed by atoms with Crippen LogP contribution in [0.5, 0.6) is 0 Å². The SMILES string of the molecule is C=C1C=NC2=C(C=C(c3ccc(F)cc3)CC2C)C(N2CCC(C3=CC(C)C(C)=C(c4ccccc4)CC3)CC2)=C1.[HH]. The van der Waals surface area contributed by atoms with Crippen LogP contribution in [-0.4, -0.2) is 24.2 Å². The van der Waals surface area contributed by atoms with E-state index >= 15 is 0 Å². The Bertz CT molecular complexity index is 1510. The first-order valence-electron chi connectivity index (χ1n) is 15.2. The number of hydrogen-bond acceptors (Lipinski definition) is 2. The number of halogens is 1. The summed E-state index contributed by atoms with van der Waals surface area (Å²) in [6.07, 6.45) is 14.5. The fourth-order valence-electron chi connectivity index (χ4n) is 7.08. The molecule has 4 aliphatic rings. The second kappa shape index (κ2) is 11.6. The monoisotopic (exact) mass is 546 g/mol. The van der Waals surface area contributed by atoms with E-state index in [4.69, 9.17) is 4.99 Å². The van der Waals surface area contributed by atoms with Gasteiger partial charge in [-0.05, 0) is 103 Å². The number of rotatable bonds is 4. The first-order chi connectivity index (χ1) is 19.9. The number of piperidine rings is 1. The van der Waals surface area contributed by atoms with Crippen molar-refractivity contribution < 1.29 is 5.82 Å². The lowest BCUT2D eigenvalue weighted by Crippen LogP contribution is -2.35. The molecule has 2 aliphatic carbocycles. The molecule has 0 bridgehead atoms. The van der Waals surface area contributed by atoms with Gasteiger partial charge in [0.15, 0.2) is 0 Å². The minimum absolute atomic E-state index is 0. The summed E-state index contributed by atoms with van der Waals surface area (Å²) in [7, 11) is 0. The lowest BCUT2D eigenvalue weighted by atomic mass is 9.82. The Balaban J connectivity index is 0.00000353. The Morgan fingerprint density at radius 2 is 1.66 bits per heavy atom. The van der Waals surface area contributed by atoms with Gasteiger partial charge in [0.1, 0.15) is 5.82 Å². The number of allylic oxidation sites excluding steroid dienone is 9. The summed E-state index contributed by atoms with van der Waals surface area (Å²) < 4.78 is 13.6. The van der Waals surface area contributed by atoms with E-state index in [-0.39, 0.29) is 13.2 Å². The Morgan fingerprint density at radius 1 is 0.927 bits per heavy atom. The fourth-order valence-corrected chi connectivity index (χ4v) is 7.08. The molecule has 0 N–H and O–H groups in total. The van der Waals surface area contributed by atoms with Crippen LogP contribution in [0, 0.1) is 23.6 Å². The van der Waals surface area contributed by atoms with Crippen LogP contribution in [0.25, 0.3) is 11.1 Å². The van der Waals surface area contributed by atoms with Gasteiger partial charge in [-0.15, -0.1) is 0 Å². The van der Waals surface area contributed by atoms with Crippen molar-refractivity contribution >= 4 is 17.4 Å². The minimum atomic E-state index is -0.197. The van der Waals surface area contributed by atoms with Crippen LogP contribution in [-0.2, 0) is 0 Å². The molecule has 1 fully saturated rings. The van der Waals surface area contributed by atoms with E-state index in [2.05, 4.69) is 80.8 Å². The molecule has 3 heteroatoms. The number of nitrogens with zero attached hydrogens (tertiary/aromatic N) is 2. The normalized spacial score (nSPS) is 24.0. The van der Waals surface area contributed by atoms with E-state index in [1.807, 2.05) is 18.3 Å². The standard InChI is InChI=1S/C38H41FN2.H2/c1-25-20-37(36-23-33(22-27(3)38(36)40-24-25)29-10-13-34(39)14-11-29)41-18-16-30(17-19-41)32-12-15-35(28(4)26(2)21-32)31-8-6-5-7-9-31;/h5-11,13-14,20-21,23-24,26-27,30H,1,12,15-19,22H2,2-4H3;1H. The number of benzene rings is 2. The highest BCUT2D eigenvalue weighted by atomic mass is 19.1. The molecule has 2 aliphatic heterocycles. The highest BCUT2D eigenvalue weighted by Crippen LogP contribution is 2.42. The van der Waals surface area contributed by atoms with Crippen LogP contribution < -0.4 is 0 Å². The Kier molecular flexibility index (Phi) is 7.79. The first kappa shape index (κ1) is 27.4. The second-order valence-corrected chi connectivity index (χ2v) is 12.3. The Hall–Kier alpha value is -3.72. The molecule has 2 atom stereocenters. The first-order valence-corrected chi connectivity index (χ1v) is 15.2. The summed E-state index contributed by atoms with van der Waals surface area (Å²) in [4.78, 5) is 7.46. The van der Waals surface area contributed by atoms with Crippen molar-refractivity contribution in [2.24, 2.45) is 22.7 Å². The van der Waals surface area contributed by atoms with Crippen LogP contribution >= 0.6 is 0 Å². The van der Waals surface area contributed by atoms with Gasteiger partial charge in [-0.25, -0.2) is 4.39 Å². The largest absolute Gasteiger partial charge is 0.371 e. The maximum absolute atomic E-state index is 13.6. The zero-order valence-electron chi connectivity index (χ0n) is 24.7. The summed E-state index contributed by atoms with van der Waals surface area (Å²) in [6, 6.07) is 17.9. The molecule has 2 aromatic rings. The van der Waals surface area contributed by atoms with E-state index in [1.165, 1.54) is 33.6 Å². The van der Waals surface area contributed by atoms with Gasteiger partial charge in [-0.3, -0.25) is 4.99 Å². The van der Waals surface area contributed by atoms with Gasteiger partial charge >= 0.3 is 0 Å². The topological polar surface area (TPSA) is 15.6 Å². The van der Waals surface area contributed by atoms with Gasteiger partial charge in [-0.2, -0.15) is 0 Å². The van der Waals surface area contributed by atoms with Crippen molar-refractivity contribution in [2.45, 2.75) is 52.9 Å². The van der Waals surface area contributed by atoms with E-state index in [0.717, 1.165) is 62.0 Å². The second-order valence-electron chi connectivity index (χ2n) is 12.3. The van der Waals surface area contributed by atoms with Crippen molar-refractivity contribution in [3.63, 3.8) is 0 Å². The third-order valence-corrected chi connectivity index (χ3v) is 9.54. The van der Waals surface area contributed by atoms with E-state index in [9.17, 15) is 4.39 Å². The smallest absolute Gasteiger partial charge is 0.123 e. The molecule has 2 nitrogen and oxygen atoms in total. The molecular weight excluding hydrogens is 503 g/mol. The number of hydrogen-bond donors (Lipinski definition) is 0. The summed E-state index contributed by atoms with van der Waals surface area (Å²) >= 11 is 0. The molecule has 2 aromatic carbocycles. The van der Waals surface area contributed by atoms with Crippen LogP contribution in [0.1, 0.15) is 65.4 Å². The van der Waals surface area contributed by atoms with Crippen molar-refractivity contribution in [1.29, 1.82) is 0 Å². The van der Waals surface area contributed by atoms with Gasteiger partial charge in [0.25, 0.3) is 0 Å². The maximum Gasteiger partial charge on any atom is 0.123 e. The van der Waals surface area contributed by atoms with Gasteiger partial charge in [0.05, 0.1) is 5.70 Å². The maximum atomic E-state index is 13.6. The molecule has 0 aromatic heterocycles. The molecular formula is C38H43FN2. The quantitative estimate of drug-likeness (QED) is 0.349. The molecule has 0 amide bonds. The lowest BCUT2D eigenvalue weighted by Gasteiger charge is -2.38. The van der Waals surface area contributed by atoms with E-state index < -0.39 is 0 Å². The molecule has 212 valence electrons. The van der Waals surface area contributed by atoms with E-state index in [1.54, 1.807) is 17.7 Å². The van der Waals surface area contributed by atoms with Crippen LogP contribution in [0.4, 0.5) is 4.39 Å². The average Bonchev–Trinajstić information content (AvgIpc) is 3.25. The predicted molar refractivity (Wildman–Crippen MR) is 173 cm³/mol. The molecule has 2 heterocycles.